The number of hydrogen-bond donors (Lipinski definition) is 0. The van der Waals surface area contributed by atoms with E-state index in [-0.39, 0.29) is 5.91 Å². The summed E-state index contributed by atoms with van der Waals surface area (Å²) in [5.74, 6) is 0.912. The van der Waals surface area contributed by atoms with Gasteiger partial charge < -0.3 is 4.90 Å². The van der Waals surface area contributed by atoms with Gasteiger partial charge in [-0.2, -0.15) is 0 Å². The van der Waals surface area contributed by atoms with Crippen molar-refractivity contribution in [1.82, 2.24) is 14.9 Å². The molecule has 22 heavy (non-hydrogen) atoms. The summed E-state index contributed by atoms with van der Waals surface area (Å²) in [5.41, 5.74) is 2.00. The highest BCUT2D eigenvalue weighted by molar-refractivity contribution is 7.20. The first kappa shape index (κ1) is 15.4. The lowest BCUT2D eigenvalue weighted by Gasteiger charge is -2.31. The van der Waals surface area contributed by atoms with Crippen molar-refractivity contribution in [2.45, 2.75) is 58.9 Å². The van der Waals surface area contributed by atoms with E-state index >= 15 is 0 Å². The predicted molar refractivity (Wildman–Crippen MR) is 90.6 cm³/mol. The van der Waals surface area contributed by atoms with Crippen molar-refractivity contribution >= 4 is 27.5 Å². The van der Waals surface area contributed by atoms with E-state index in [0.717, 1.165) is 45.0 Å². The van der Waals surface area contributed by atoms with Crippen LogP contribution in [0.2, 0.25) is 0 Å². The van der Waals surface area contributed by atoms with E-state index in [9.17, 15) is 4.79 Å². The summed E-state index contributed by atoms with van der Waals surface area (Å²) in [5, 5.41) is 1.05. The Hall–Kier alpha value is -1.49. The Morgan fingerprint density at radius 3 is 2.50 bits per heavy atom. The molecule has 0 aliphatic heterocycles. The van der Waals surface area contributed by atoms with Gasteiger partial charge >= 0.3 is 0 Å². The van der Waals surface area contributed by atoms with E-state index in [2.05, 4.69) is 9.97 Å². The van der Waals surface area contributed by atoms with Crippen LogP contribution in [-0.2, 0) is 0 Å². The van der Waals surface area contributed by atoms with Crippen LogP contribution in [0.5, 0.6) is 0 Å². The second-order valence-electron chi connectivity index (χ2n) is 6.30. The minimum Gasteiger partial charge on any atom is -0.338 e. The summed E-state index contributed by atoms with van der Waals surface area (Å²) in [4.78, 5) is 25.6. The van der Waals surface area contributed by atoms with Crippen molar-refractivity contribution in [3.8, 4) is 0 Å². The Balaban J connectivity index is 1.97. The quantitative estimate of drug-likeness (QED) is 0.840. The number of carbonyl (C=O) groups is 1. The SMILES string of the molecule is Cc1nc(C)c2c(C)c(C(=O)N(C)C3CCCCC3)sc2n1. The highest BCUT2D eigenvalue weighted by Gasteiger charge is 2.26. The molecular formula is C17H23N3OS. The first-order valence-corrected chi connectivity index (χ1v) is 8.82. The summed E-state index contributed by atoms with van der Waals surface area (Å²) in [7, 11) is 1.95. The highest BCUT2D eigenvalue weighted by Crippen LogP contribution is 2.33. The molecule has 118 valence electrons. The second kappa shape index (κ2) is 5.95. The Morgan fingerprint density at radius 1 is 1.14 bits per heavy atom. The van der Waals surface area contributed by atoms with Crippen LogP contribution in [0.1, 0.15) is 58.9 Å². The monoisotopic (exact) mass is 317 g/mol. The Bertz CT molecular complexity index is 716. The molecule has 0 saturated heterocycles. The van der Waals surface area contributed by atoms with Gasteiger partial charge in [-0.05, 0) is 39.2 Å². The summed E-state index contributed by atoms with van der Waals surface area (Å²) in [6.07, 6.45) is 6.03. The van der Waals surface area contributed by atoms with Crippen molar-refractivity contribution in [3.05, 3.63) is 22.0 Å². The molecule has 1 aliphatic rings. The van der Waals surface area contributed by atoms with Gasteiger partial charge in [0.15, 0.2) is 0 Å². The number of nitrogens with zero attached hydrogens (tertiary/aromatic N) is 3. The van der Waals surface area contributed by atoms with E-state index < -0.39 is 0 Å². The first-order chi connectivity index (χ1) is 10.5. The molecule has 1 fully saturated rings. The summed E-state index contributed by atoms with van der Waals surface area (Å²) >= 11 is 1.51. The van der Waals surface area contributed by atoms with Gasteiger partial charge in [0, 0.05) is 24.2 Å². The van der Waals surface area contributed by atoms with E-state index in [1.165, 1.54) is 30.6 Å². The maximum atomic E-state index is 12.9. The molecular weight excluding hydrogens is 294 g/mol. The molecule has 0 bridgehead atoms. The average Bonchev–Trinajstić information content (AvgIpc) is 2.83. The molecule has 1 aliphatic carbocycles. The van der Waals surface area contributed by atoms with Crippen LogP contribution in [-0.4, -0.2) is 33.9 Å². The van der Waals surface area contributed by atoms with Gasteiger partial charge in [-0.15, -0.1) is 11.3 Å². The molecule has 0 unspecified atom stereocenters. The van der Waals surface area contributed by atoms with Crippen LogP contribution < -0.4 is 0 Å². The molecule has 2 aromatic heterocycles. The maximum absolute atomic E-state index is 12.9. The zero-order chi connectivity index (χ0) is 15.9. The van der Waals surface area contributed by atoms with Crippen molar-refractivity contribution in [1.29, 1.82) is 0 Å². The molecule has 4 nitrogen and oxygen atoms in total. The number of thiophene rings is 1. The van der Waals surface area contributed by atoms with Gasteiger partial charge in [0.05, 0.1) is 4.88 Å². The first-order valence-electron chi connectivity index (χ1n) is 8.00. The molecule has 2 heterocycles. The summed E-state index contributed by atoms with van der Waals surface area (Å²) < 4.78 is 0. The number of aromatic nitrogens is 2. The van der Waals surface area contributed by atoms with Crippen LogP contribution in [0, 0.1) is 20.8 Å². The third kappa shape index (κ3) is 2.62. The molecule has 0 spiro atoms. The molecule has 0 N–H and O–H groups in total. The second-order valence-corrected chi connectivity index (χ2v) is 7.30. The fourth-order valence-electron chi connectivity index (χ4n) is 3.47. The van der Waals surface area contributed by atoms with Crippen LogP contribution in [0.4, 0.5) is 0 Å². The molecule has 0 radical (unpaired) electrons. The van der Waals surface area contributed by atoms with Crippen LogP contribution in [0.3, 0.4) is 0 Å². The van der Waals surface area contributed by atoms with Gasteiger partial charge in [-0.3, -0.25) is 4.79 Å². The minimum atomic E-state index is 0.143. The van der Waals surface area contributed by atoms with Gasteiger partial charge in [-0.1, -0.05) is 19.3 Å². The highest BCUT2D eigenvalue weighted by atomic mass is 32.1. The fraction of sp³-hybridized carbons (Fsp3) is 0.588. The lowest BCUT2D eigenvalue weighted by atomic mass is 9.94. The number of aryl methyl sites for hydroxylation is 3. The topological polar surface area (TPSA) is 46.1 Å². The minimum absolute atomic E-state index is 0.143. The van der Waals surface area contributed by atoms with Crippen molar-refractivity contribution in [2.75, 3.05) is 7.05 Å². The number of amides is 1. The number of rotatable bonds is 2. The van der Waals surface area contributed by atoms with Crippen molar-refractivity contribution in [3.63, 3.8) is 0 Å². The molecule has 0 aromatic carbocycles. The van der Waals surface area contributed by atoms with Gasteiger partial charge in [0.2, 0.25) is 0 Å². The lowest BCUT2D eigenvalue weighted by molar-refractivity contribution is 0.0700. The van der Waals surface area contributed by atoms with Gasteiger partial charge in [0.1, 0.15) is 10.7 Å². The molecule has 5 heteroatoms. The summed E-state index contributed by atoms with van der Waals surface area (Å²) in [6.45, 7) is 5.92. The zero-order valence-electron chi connectivity index (χ0n) is 13.8. The Morgan fingerprint density at radius 2 is 1.82 bits per heavy atom. The number of hydrogen-bond acceptors (Lipinski definition) is 4. The van der Waals surface area contributed by atoms with Crippen LogP contribution in [0.15, 0.2) is 0 Å². The van der Waals surface area contributed by atoms with Crippen molar-refractivity contribution < 1.29 is 4.79 Å². The maximum Gasteiger partial charge on any atom is 0.264 e. The largest absolute Gasteiger partial charge is 0.338 e. The fourth-order valence-corrected chi connectivity index (χ4v) is 4.73. The zero-order valence-corrected chi connectivity index (χ0v) is 14.6. The van der Waals surface area contributed by atoms with E-state index in [1.807, 2.05) is 32.7 Å². The average molecular weight is 317 g/mol. The number of carbonyl (C=O) groups excluding carboxylic acids is 1. The molecule has 1 saturated carbocycles. The van der Waals surface area contributed by atoms with Gasteiger partial charge in [0.25, 0.3) is 5.91 Å². The third-order valence-corrected chi connectivity index (χ3v) is 5.89. The number of fused-ring (bicyclic) bond motifs is 1. The van der Waals surface area contributed by atoms with E-state index in [1.54, 1.807) is 0 Å². The van der Waals surface area contributed by atoms with Crippen molar-refractivity contribution in [2.24, 2.45) is 0 Å². The standard InChI is InChI=1S/C17H23N3OS/c1-10-14-11(2)18-12(3)19-16(14)22-15(10)17(21)20(4)13-8-6-5-7-9-13/h13H,5-9H2,1-4H3. The summed E-state index contributed by atoms with van der Waals surface area (Å²) in [6, 6.07) is 0.389. The van der Waals surface area contributed by atoms with E-state index in [0.29, 0.717) is 6.04 Å². The lowest BCUT2D eigenvalue weighted by Crippen LogP contribution is -2.38. The molecule has 1 amide bonds. The normalized spacial score (nSPS) is 16.2. The smallest absolute Gasteiger partial charge is 0.264 e. The third-order valence-electron chi connectivity index (χ3n) is 4.72. The van der Waals surface area contributed by atoms with E-state index in [4.69, 9.17) is 0 Å². The Kier molecular flexibility index (Phi) is 4.17. The molecule has 0 atom stereocenters. The predicted octanol–water partition coefficient (Wildman–Crippen LogP) is 4.02. The Labute approximate surface area is 135 Å². The van der Waals surface area contributed by atoms with Crippen LogP contribution in [0.25, 0.3) is 10.2 Å². The molecule has 3 rings (SSSR count). The molecule has 2 aromatic rings. The van der Waals surface area contributed by atoms with Crippen LogP contribution >= 0.6 is 11.3 Å². The van der Waals surface area contributed by atoms with Gasteiger partial charge in [-0.25, -0.2) is 9.97 Å².